The molecule has 0 atom stereocenters. The van der Waals surface area contributed by atoms with E-state index in [9.17, 15) is 9.90 Å². The van der Waals surface area contributed by atoms with Gasteiger partial charge in [-0.05, 0) is 49.9 Å². The second-order valence-corrected chi connectivity index (χ2v) is 7.41. The maximum absolute atomic E-state index is 12.2. The fourth-order valence-corrected chi connectivity index (χ4v) is 3.54. The normalized spacial score (nSPS) is 19.6. The molecule has 1 aromatic carbocycles. The third kappa shape index (κ3) is 3.90. The van der Waals surface area contributed by atoms with E-state index in [0.29, 0.717) is 24.6 Å². The number of carbonyl (C=O) groups excluding carboxylic acids is 1. The summed E-state index contributed by atoms with van der Waals surface area (Å²) >= 11 is 0. The molecule has 3 N–H and O–H groups in total. The molecule has 2 aliphatic rings. The number of aromatic nitrogens is 3. The minimum absolute atomic E-state index is 0.133. The number of nitrogens with zero attached hydrogens (tertiary/aromatic N) is 2. The predicted molar refractivity (Wildman–Crippen MR) is 95.1 cm³/mol. The third-order valence-corrected chi connectivity index (χ3v) is 5.17. The number of hydrogen-bond acceptors (Lipinski definition) is 4. The molecule has 2 saturated carbocycles. The van der Waals surface area contributed by atoms with E-state index in [1.165, 1.54) is 12.8 Å². The number of aliphatic hydroxyl groups is 1. The van der Waals surface area contributed by atoms with E-state index in [2.05, 4.69) is 20.5 Å². The zero-order chi connectivity index (χ0) is 17.3. The minimum Gasteiger partial charge on any atom is -0.389 e. The SMILES string of the molecule is O=C(CC1(O)CCCCC1)Nc1ccc(-c2n[nH]c(C3CC3)n2)cc1. The molecule has 0 unspecified atom stereocenters. The molecule has 0 saturated heterocycles. The molecule has 2 aromatic rings. The van der Waals surface area contributed by atoms with E-state index < -0.39 is 5.60 Å². The first-order valence-corrected chi connectivity index (χ1v) is 9.16. The molecule has 1 aromatic heterocycles. The van der Waals surface area contributed by atoms with Crippen molar-refractivity contribution in [3.05, 3.63) is 30.1 Å². The van der Waals surface area contributed by atoms with Crippen molar-refractivity contribution in [2.24, 2.45) is 0 Å². The molecule has 2 fully saturated rings. The van der Waals surface area contributed by atoms with Crippen LogP contribution in [0, 0.1) is 0 Å². The highest BCUT2D eigenvalue weighted by molar-refractivity contribution is 5.91. The minimum atomic E-state index is -0.833. The lowest BCUT2D eigenvalue weighted by Crippen LogP contribution is -2.35. The van der Waals surface area contributed by atoms with Gasteiger partial charge < -0.3 is 10.4 Å². The zero-order valence-electron chi connectivity index (χ0n) is 14.3. The maximum atomic E-state index is 12.2. The van der Waals surface area contributed by atoms with E-state index in [-0.39, 0.29) is 12.3 Å². The molecule has 0 aliphatic heterocycles. The molecule has 132 valence electrons. The summed E-state index contributed by atoms with van der Waals surface area (Å²) in [5, 5.41) is 20.6. The predicted octanol–water partition coefficient (Wildman–Crippen LogP) is 3.37. The van der Waals surface area contributed by atoms with Crippen LogP contribution in [0.25, 0.3) is 11.4 Å². The lowest BCUT2D eigenvalue weighted by atomic mass is 9.82. The second kappa shape index (κ2) is 6.59. The van der Waals surface area contributed by atoms with E-state index >= 15 is 0 Å². The molecule has 1 amide bonds. The average Bonchev–Trinajstić information content (AvgIpc) is 3.33. The Morgan fingerprint density at radius 2 is 1.92 bits per heavy atom. The molecule has 1 heterocycles. The number of H-pyrrole nitrogens is 1. The summed E-state index contributed by atoms with van der Waals surface area (Å²) in [5.41, 5.74) is 0.818. The summed E-state index contributed by atoms with van der Waals surface area (Å²) < 4.78 is 0. The van der Waals surface area contributed by atoms with Crippen molar-refractivity contribution >= 4 is 11.6 Å². The third-order valence-electron chi connectivity index (χ3n) is 5.17. The molecule has 2 aliphatic carbocycles. The Morgan fingerprint density at radius 1 is 1.20 bits per heavy atom. The first kappa shape index (κ1) is 16.3. The first-order chi connectivity index (χ1) is 12.1. The Hall–Kier alpha value is -2.21. The zero-order valence-corrected chi connectivity index (χ0v) is 14.3. The van der Waals surface area contributed by atoms with Crippen molar-refractivity contribution in [1.29, 1.82) is 0 Å². The number of nitrogens with one attached hydrogen (secondary N) is 2. The molecule has 6 heteroatoms. The van der Waals surface area contributed by atoms with E-state index in [1.807, 2.05) is 24.3 Å². The van der Waals surface area contributed by atoms with Gasteiger partial charge in [-0.15, -0.1) is 0 Å². The topological polar surface area (TPSA) is 90.9 Å². The van der Waals surface area contributed by atoms with Gasteiger partial charge in [0.2, 0.25) is 5.91 Å². The van der Waals surface area contributed by atoms with Crippen LogP contribution < -0.4 is 5.32 Å². The van der Waals surface area contributed by atoms with Crippen LogP contribution in [0.15, 0.2) is 24.3 Å². The van der Waals surface area contributed by atoms with Crippen LogP contribution in [0.5, 0.6) is 0 Å². The van der Waals surface area contributed by atoms with Crippen LogP contribution in [-0.4, -0.2) is 31.8 Å². The quantitative estimate of drug-likeness (QED) is 0.778. The Kier molecular flexibility index (Phi) is 4.29. The van der Waals surface area contributed by atoms with Gasteiger partial charge in [0.25, 0.3) is 0 Å². The standard InChI is InChI=1S/C19H24N4O2/c24-16(12-19(25)10-2-1-3-11-19)20-15-8-6-14(7-9-15)18-21-17(22-23-18)13-4-5-13/h6-9,13,25H,1-5,10-12H2,(H,20,24)(H,21,22,23). The molecule has 6 nitrogen and oxygen atoms in total. The average molecular weight is 340 g/mol. The monoisotopic (exact) mass is 340 g/mol. The number of carbonyl (C=O) groups is 1. The van der Waals surface area contributed by atoms with E-state index in [0.717, 1.165) is 36.3 Å². The molecule has 4 rings (SSSR count). The molecule has 0 spiro atoms. The number of benzene rings is 1. The second-order valence-electron chi connectivity index (χ2n) is 7.41. The Balaban J connectivity index is 1.37. The number of amides is 1. The van der Waals surface area contributed by atoms with E-state index in [4.69, 9.17) is 0 Å². The van der Waals surface area contributed by atoms with Crippen LogP contribution >= 0.6 is 0 Å². The number of anilines is 1. The van der Waals surface area contributed by atoms with Gasteiger partial charge in [0, 0.05) is 17.2 Å². The summed E-state index contributed by atoms with van der Waals surface area (Å²) in [4.78, 5) is 16.8. The van der Waals surface area contributed by atoms with Crippen molar-refractivity contribution in [2.45, 2.75) is 62.9 Å². The maximum Gasteiger partial charge on any atom is 0.227 e. The van der Waals surface area contributed by atoms with E-state index in [1.54, 1.807) is 0 Å². The highest BCUT2D eigenvalue weighted by atomic mass is 16.3. The number of aromatic amines is 1. The molecule has 25 heavy (non-hydrogen) atoms. The van der Waals surface area contributed by atoms with Crippen molar-refractivity contribution in [3.8, 4) is 11.4 Å². The number of hydrogen-bond donors (Lipinski definition) is 3. The fourth-order valence-electron chi connectivity index (χ4n) is 3.54. The number of rotatable bonds is 5. The fraction of sp³-hybridized carbons (Fsp3) is 0.526. The van der Waals surface area contributed by atoms with Gasteiger partial charge in [0.05, 0.1) is 12.0 Å². The van der Waals surface area contributed by atoms with Gasteiger partial charge in [-0.3, -0.25) is 9.89 Å². The largest absolute Gasteiger partial charge is 0.389 e. The molecule has 0 bridgehead atoms. The van der Waals surface area contributed by atoms with Crippen LogP contribution in [0.3, 0.4) is 0 Å². The summed E-state index contributed by atoms with van der Waals surface area (Å²) in [6.07, 6.45) is 7.12. The Bertz CT molecular complexity index is 743. The van der Waals surface area contributed by atoms with Gasteiger partial charge in [-0.2, -0.15) is 5.10 Å². The van der Waals surface area contributed by atoms with Crippen molar-refractivity contribution in [2.75, 3.05) is 5.32 Å². The summed E-state index contributed by atoms with van der Waals surface area (Å²) in [6.45, 7) is 0. The van der Waals surface area contributed by atoms with Gasteiger partial charge >= 0.3 is 0 Å². The molecular formula is C19H24N4O2. The van der Waals surface area contributed by atoms with Gasteiger partial charge in [-0.1, -0.05) is 19.3 Å². The first-order valence-electron chi connectivity index (χ1n) is 9.16. The Labute approximate surface area is 147 Å². The smallest absolute Gasteiger partial charge is 0.227 e. The van der Waals surface area contributed by atoms with Gasteiger partial charge in [0.15, 0.2) is 5.82 Å². The summed E-state index contributed by atoms with van der Waals surface area (Å²) in [7, 11) is 0. The lowest BCUT2D eigenvalue weighted by Gasteiger charge is -2.31. The highest BCUT2D eigenvalue weighted by Gasteiger charge is 2.31. The molecular weight excluding hydrogens is 316 g/mol. The van der Waals surface area contributed by atoms with Crippen molar-refractivity contribution in [1.82, 2.24) is 15.2 Å². The van der Waals surface area contributed by atoms with Crippen molar-refractivity contribution in [3.63, 3.8) is 0 Å². The van der Waals surface area contributed by atoms with Gasteiger partial charge in [-0.25, -0.2) is 4.98 Å². The van der Waals surface area contributed by atoms with Gasteiger partial charge in [0.1, 0.15) is 5.82 Å². The van der Waals surface area contributed by atoms with Crippen LogP contribution in [0.4, 0.5) is 5.69 Å². The van der Waals surface area contributed by atoms with Crippen molar-refractivity contribution < 1.29 is 9.90 Å². The van der Waals surface area contributed by atoms with Crippen LogP contribution in [0.2, 0.25) is 0 Å². The molecule has 0 radical (unpaired) electrons. The van der Waals surface area contributed by atoms with Crippen LogP contribution in [0.1, 0.15) is 63.1 Å². The van der Waals surface area contributed by atoms with Crippen LogP contribution in [-0.2, 0) is 4.79 Å². The summed E-state index contributed by atoms with van der Waals surface area (Å²) in [6, 6.07) is 7.52. The highest BCUT2D eigenvalue weighted by Crippen LogP contribution is 2.38. The summed E-state index contributed by atoms with van der Waals surface area (Å²) in [5.74, 6) is 2.07. The Morgan fingerprint density at radius 3 is 2.60 bits per heavy atom. The lowest BCUT2D eigenvalue weighted by molar-refractivity contribution is -0.122.